The van der Waals surface area contributed by atoms with Gasteiger partial charge in [-0.3, -0.25) is 4.52 Å². The zero-order chi connectivity index (χ0) is 19.5. The number of unbranched alkanes of at least 4 members (excludes halogenated alkanes) is 2. The maximum absolute atomic E-state index is 11.9. The summed E-state index contributed by atoms with van der Waals surface area (Å²) in [7, 11) is -4.74. The van der Waals surface area contributed by atoms with E-state index in [0.717, 1.165) is 25.7 Å². The quantitative estimate of drug-likeness (QED) is 0.155. The van der Waals surface area contributed by atoms with Crippen LogP contribution in [-0.2, 0) is 28.1 Å². The zero-order valence-corrected chi connectivity index (χ0v) is 16.4. The van der Waals surface area contributed by atoms with Gasteiger partial charge in [-0.15, -0.1) is 0 Å². The topological polar surface area (TPSA) is 112 Å². The Kier molecular flexibility index (Phi) is 11.4. The predicted octanol–water partition coefficient (Wildman–Crippen LogP) is 2.93. The van der Waals surface area contributed by atoms with Gasteiger partial charge in [0.15, 0.2) is 6.10 Å². The summed E-state index contributed by atoms with van der Waals surface area (Å²) in [5.41, 5.74) is 0.144. The largest absolute Gasteiger partial charge is 0.469 e. The van der Waals surface area contributed by atoms with E-state index >= 15 is 0 Å². The Morgan fingerprint density at radius 2 is 1.64 bits per heavy atom. The Labute approximate surface area is 149 Å². The van der Waals surface area contributed by atoms with Crippen LogP contribution in [0.1, 0.15) is 53.4 Å². The van der Waals surface area contributed by atoms with Gasteiger partial charge in [-0.1, -0.05) is 33.3 Å². The molecule has 8 nitrogen and oxygen atoms in total. The van der Waals surface area contributed by atoms with Crippen LogP contribution >= 0.6 is 7.82 Å². The van der Waals surface area contributed by atoms with E-state index in [1.807, 2.05) is 13.8 Å². The van der Waals surface area contributed by atoms with Crippen LogP contribution in [0.2, 0.25) is 0 Å². The van der Waals surface area contributed by atoms with Crippen LogP contribution in [0.25, 0.3) is 0 Å². The highest BCUT2D eigenvalue weighted by atomic mass is 31.2. The molecular weight excluding hydrogens is 351 g/mol. The van der Waals surface area contributed by atoms with Crippen molar-refractivity contribution in [1.82, 2.24) is 0 Å². The Morgan fingerprint density at radius 1 is 1.16 bits per heavy atom. The van der Waals surface area contributed by atoms with Gasteiger partial charge in [0, 0.05) is 5.57 Å². The summed E-state index contributed by atoms with van der Waals surface area (Å²) in [6, 6.07) is 0. The van der Waals surface area contributed by atoms with Gasteiger partial charge < -0.3 is 24.0 Å². The van der Waals surface area contributed by atoms with E-state index in [2.05, 4.69) is 11.1 Å². The van der Waals surface area contributed by atoms with Crippen molar-refractivity contribution in [3.63, 3.8) is 0 Å². The van der Waals surface area contributed by atoms with Crippen LogP contribution in [-0.4, -0.2) is 47.5 Å². The van der Waals surface area contributed by atoms with Crippen molar-refractivity contribution in [1.29, 1.82) is 0 Å². The number of carbonyl (C=O) groups excluding carboxylic acids is 1. The third kappa shape index (κ3) is 10.7. The van der Waals surface area contributed by atoms with Gasteiger partial charge in [0.05, 0.1) is 13.2 Å². The van der Waals surface area contributed by atoms with Crippen LogP contribution in [0, 0.1) is 0 Å². The van der Waals surface area contributed by atoms with Gasteiger partial charge in [-0.2, -0.15) is 0 Å². The number of hydrogen-bond donors (Lipinski definition) is 2. The highest BCUT2D eigenvalue weighted by Gasteiger charge is 2.41. The van der Waals surface area contributed by atoms with Gasteiger partial charge in [0.1, 0.15) is 6.61 Å². The molecule has 0 heterocycles. The summed E-state index contributed by atoms with van der Waals surface area (Å²) >= 11 is 0. The second kappa shape index (κ2) is 11.8. The van der Waals surface area contributed by atoms with Crippen LogP contribution < -0.4 is 0 Å². The van der Waals surface area contributed by atoms with Crippen LogP contribution in [0.3, 0.4) is 0 Å². The molecule has 1 atom stereocenters. The highest BCUT2D eigenvalue weighted by molar-refractivity contribution is 7.46. The number of carbonyl (C=O) groups is 1. The van der Waals surface area contributed by atoms with E-state index in [0.29, 0.717) is 13.2 Å². The Hall–Kier alpha value is -0.760. The van der Waals surface area contributed by atoms with Gasteiger partial charge in [-0.25, -0.2) is 9.36 Å². The standard InChI is InChI=1S/C16H31O8P/c1-6-8-10-21-16(5,22-11-9-7-2)14(12-23-25(18,19)20)24-15(17)13(3)4/h14H,3,6-12H2,1-2,4-5H3,(H2,18,19,20). The van der Waals surface area contributed by atoms with E-state index < -0.39 is 32.3 Å². The minimum Gasteiger partial charge on any atom is -0.451 e. The lowest BCUT2D eigenvalue weighted by Crippen LogP contribution is -2.50. The zero-order valence-electron chi connectivity index (χ0n) is 15.5. The van der Waals surface area contributed by atoms with E-state index in [-0.39, 0.29) is 5.57 Å². The first-order valence-electron chi connectivity index (χ1n) is 8.40. The summed E-state index contributed by atoms with van der Waals surface area (Å²) in [6.07, 6.45) is 2.12. The average Bonchev–Trinajstić information content (AvgIpc) is 2.50. The molecule has 9 heteroatoms. The molecule has 148 valence electrons. The van der Waals surface area contributed by atoms with E-state index in [9.17, 15) is 9.36 Å². The van der Waals surface area contributed by atoms with Crippen molar-refractivity contribution in [2.75, 3.05) is 19.8 Å². The monoisotopic (exact) mass is 382 g/mol. The van der Waals surface area contributed by atoms with Gasteiger partial charge >= 0.3 is 13.8 Å². The van der Waals surface area contributed by atoms with Crippen molar-refractivity contribution < 1.29 is 37.9 Å². The minimum absolute atomic E-state index is 0.144. The summed E-state index contributed by atoms with van der Waals surface area (Å²) in [6.45, 7) is 10.6. The molecule has 0 aliphatic rings. The van der Waals surface area contributed by atoms with E-state index in [4.69, 9.17) is 24.0 Å². The molecule has 0 bridgehead atoms. The molecule has 0 aromatic heterocycles. The average molecular weight is 382 g/mol. The van der Waals surface area contributed by atoms with Crippen LogP contribution in [0.4, 0.5) is 0 Å². The predicted molar refractivity (Wildman–Crippen MR) is 92.8 cm³/mol. The number of hydrogen-bond acceptors (Lipinski definition) is 6. The highest BCUT2D eigenvalue weighted by Crippen LogP contribution is 2.37. The van der Waals surface area contributed by atoms with Crippen molar-refractivity contribution in [3.8, 4) is 0 Å². The maximum Gasteiger partial charge on any atom is 0.469 e. The molecular formula is C16H31O8P. The molecule has 0 saturated heterocycles. The van der Waals surface area contributed by atoms with Crippen molar-refractivity contribution in [2.24, 2.45) is 0 Å². The molecule has 1 unspecified atom stereocenters. The number of esters is 1. The number of ether oxygens (including phenoxy) is 3. The first kappa shape index (κ1) is 24.2. The van der Waals surface area contributed by atoms with Crippen LogP contribution in [0.5, 0.6) is 0 Å². The molecule has 25 heavy (non-hydrogen) atoms. The fourth-order valence-electron chi connectivity index (χ4n) is 1.75. The van der Waals surface area contributed by atoms with Gasteiger partial charge in [-0.05, 0) is 26.7 Å². The summed E-state index contributed by atoms with van der Waals surface area (Å²) in [4.78, 5) is 29.8. The SMILES string of the molecule is C=C(C)C(=O)OC(COP(=O)(O)O)C(C)(OCCCC)OCCCC. The third-order valence-electron chi connectivity index (χ3n) is 3.35. The van der Waals surface area contributed by atoms with Crippen LogP contribution in [0.15, 0.2) is 12.2 Å². The minimum atomic E-state index is -4.74. The molecule has 0 aliphatic heterocycles. The Bertz CT molecular complexity index is 449. The molecule has 0 aromatic carbocycles. The Balaban J connectivity index is 5.31. The summed E-state index contributed by atoms with van der Waals surface area (Å²) in [5, 5.41) is 0. The molecule has 0 aliphatic carbocycles. The first-order valence-corrected chi connectivity index (χ1v) is 9.93. The first-order chi connectivity index (χ1) is 11.6. The molecule has 0 fully saturated rings. The lowest BCUT2D eigenvalue weighted by Gasteiger charge is -2.36. The van der Waals surface area contributed by atoms with Gasteiger partial charge in [0.25, 0.3) is 0 Å². The summed E-state index contributed by atoms with van der Waals surface area (Å²) < 4.78 is 32.4. The Morgan fingerprint density at radius 3 is 2.00 bits per heavy atom. The molecule has 0 radical (unpaired) electrons. The molecule has 0 saturated carbocycles. The molecule has 0 aromatic rings. The van der Waals surface area contributed by atoms with Crippen molar-refractivity contribution >= 4 is 13.8 Å². The lowest BCUT2D eigenvalue weighted by molar-refractivity contribution is -0.281. The number of rotatable bonds is 14. The molecule has 0 spiro atoms. The fourth-order valence-corrected chi connectivity index (χ4v) is 2.08. The van der Waals surface area contributed by atoms with E-state index in [1.54, 1.807) is 6.92 Å². The maximum atomic E-state index is 11.9. The second-order valence-corrected chi connectivity index (χ2v) is 7.12. The third-order valence-corrected chi connectivity index (χ3v) is 3.84. The second-order valence-electron chi connectivity index (χ2n) is 5.88. The molecule has 2 N–H and O–H groups in total. The number of phosphoric ester groups is 1. The fraction of sp³-hybridized carbons (Fsp3) is 0.812. The lowest BCUT2D eigenvalue weighted by atomic mass is 10.1. The summed E-state index contributed by atoms with van der Waals surface area (Å²) in [5.74, 6) is -2.12. The smallest absolute Gasteiger partial charge is 0.451 e. The van der Waals surface area contributed by atoms with Crippen molar-refractivity contribution in [3.05, 3.63) is 12.2 Å². The normalized spacial score (nSPS) is 13.5. The molecule has 0 rings (SSSR count). The van der Waals surface area contributed by atoms with Crippen molar-refractivity contribution in [2.45, 2.75) is 65.3 Å². The molecule has 0 amide bonds. The number of phosphoric acid groups is 1. The van der Waals surface area contributed by atoms with Gasteiger partial charge in [0.2, 0.25) is 5.79 Å². The van der Waals surface area contributed by atoms with E-state index in [1.165, 1.54) is 6.92 Å².